The predicted molar refractivity (Wildman–Crippen MR) is 81.7 cm³/mol. The summed E-state index contributed by atoms with van der Waals surface area (Å²) in [6.45, 7) is 2.50. The molecule has 0 bridgehead atoms. The van der Waals surface area contributed by atoms with Crippen LogP contribution in [0.4, 0.5) is 0 Å². The number of carbonyl (C=O) groups excluding carboxylic acids is 2. The number of nitrogens with two attached hydrogens (primary N) is 1. The van der Waals surface area contributed by atoms with Gasteiger partial charge in [-0.05, 0) is 31.4 Å². The zero-order chi connectivity index (χ0) is 15.9. The molecule has 0 spiro atoms. The van der Waals surface area contributed by atoms with E-state index in [0.29, 0.717) is 11.3 Å². The molecule has 1 saturated heterocycles. The highest BCUT2D eigenvalue weighted by molar-refractivity contribution is 5.97. The minimum atomic E-state index is -0.582. The Hall–Kier alpha value is -2.08. The number of rotatable bonds is 7. The first-order valence-electron chi connectivity index (χ1n) is 7.54. The monoisotopic (exact) mass is 306 g/mol. The molecule has 0 aliphatic carbocycles. The second-order valence-corrected chi connectivity index (χ2v) is 5.29. The lowest BCUT2D eigenvalue weighted by Gasteiger charge is -2.23. The lowest BCUT2D eigenvalue weighted by molar-refractivity contribution is -0.119. The molecule has 0 aromatic heterocycles. The predicted octanol–water partition coefficient (Wildman–Crippen LogP) is 1.24. The van der Waals surface area contributed by atoms with Gasteiger partial charge in [-0.2, -0.15) is 0 Å². The maximum atomic E-state index is 12.5. The van der Waals surface area contributed by atoms with E-state index in [9.17, 15) is 9.59 Å². The highest BCUT2D eigenvalue weighted by Crippen LogP contribution is 2.21. The zero-order valence-electron chi connectivity index (χ0n) is 12.7. The van der Waals surface area contributed by atoms with E-state index < -0.39 is 5.91 Å². The van der Waals surface area contributed by atoms with Crippen LogP contribution in [0.2, 0.25) is 0 Å². The second kappa shape index (κ2) is 7.79. The van der Waals surface area contributed by atoms with Crippen LogP contribution >= 0.6 is 0 Å². The SMILES string of the molecule is CCC(NC(=O)c1ccccc1OCC(N)=O)C1CCCO1. The fourth-order valence-electron chi connectivity index (χ4n) is 2.55. The molecule has 22 heavy (non-hydrogen) atoms. The molecular weight excluding hydrogens is 284 g/mol. The highest BCUT2D eigenvalue weighted by atomic mass is 16.5. The summed E-state index contributed by atoms with van der Waals surface area (Å²) < 4.78 is 10.9. The fourth-order valence-corrected chi connectivity index (χ4v) is 2.55. The van der Waals surface area contributed by atoms with Gasteiger partial charge in [0.05, 0.1) is 17.7 Å². The van der Waals surface area contributed by atoms with Gasteiger partial charge in [0.25, 0.3) is 11.8 Å². The van der Waals surface area contributed by atoms with E-state index in [2.05, 4.69) is 5.32 Å². The van der Waals surface area contributed by atoms with E-state index in [1.165, 1.54) is 0 Å². The number of nitrogens with one attached hydrogen (secondary N) is 1. The van der Waals surface area contributed by atoms with E-state index in [4.69, 9.17) is 15.2 Å². The van der Waals surface area contributed by atoms with Gasteiger partial charge in [0.15, 0.2) is 6.61 Å². The highest BCUT2D eigenvalue weighted by Gasteiger charge is 2.27. The first kappa shape index (κ1) is 16.3. The molecule has 2 unspecified atom stereocenters. The molecule has 1 fully saturated rings. The number of carbonyl (C=O) groups is 2. The lowest BCUT2D eigenvalue weighted by atomic mass is 10.0. The molecule has 120 valence electrons. The maximum absolute atomic E-state index is 12.5. The Morgan fingerprint density at radius 3 is 2.86 bits per heavy atom. The van der Waals surface area contributed by atoms with E-state index in [0.717, 1.165) is 25.9 Å². The summed E-state index contributed by atoms with van der Waals surface area (Å²) >= 11 is 0. The first-order valence-corrected chi connectivity index (χ1v) is 7.54. The molecular formula is C16H22N2O4. The number of amides is 2. The Balaban J connectivity index is 2.06. The van der Waals surface area contributed by atoms with E-state index >= 15 is 0 Å². The standard InChI is InChI=1S/C16H22N2O4/c1-2-12(14-8-5-9-21-14)18-16(20)11-6-3-4-7-13(11)22-10-15(17)19/h3-4,6-7,12,14H,2,5,8-10H2,1H3,(H2,17,19)(H,18,20). The third-order valence-electron chi connectivity index (χ3n) is 3.67. The van der Waals surface area contributed by atoms with Crippen molar-refractivity contribution in [3.63, 3.8) is 0 Å². The summed E-state index contributed by atoms with van der Waals surface area (Å²) in [5.41, 5.74) is 5.46. The average Bonchev–Trinajstić information content (AvgIpc) is 3.04. The Bertz CT molecular complexity index is 527. The van der Waals surface area contributed by atoms with Crippen molar-refractivity contribution in [1.82, 2.24) is 5.32 Å². The quantitative estimate of drug-likeness (QED) is 0.793. The molecule has 2 atom stereocenters. The van der Waals surface area contributed by atoms with Crippen molar-refractivity contribution >= 4 is 11.8 Å². The van der Waals surface area contributed by atoms with Gasteiger partial charge in [0, 0.05) is 6.61 Å². The van der Waals surface area contributed by atoms with Crippen LogP contribution in [0.5, 0.6) is 5.75 Å². The van der Waals surface area contributed by atoms with Crippen molar-refractivity contribution in [2.45, 2.75) is 38.3 Å². The number of hydrogen-bond acceptors (Lipinski definition) is 4. The van der Waals surface area contributed by atoms with Gasteiger partial charge in [0.1, 0.15) is 5.75 Å². The molecule has 1 aromatic rings. The molecule has 2 amide bonds. The number of para-hydroxylation sites is 1. The largest absolute Gasteiger partial charge is 0.483 e. The van der Waals surface area contributed by atoms with Crippen LogP contribution in [-0.2, 0) is 9.53 Å². The molecule has 2 rings (SSSR count). The summed E-state index contributed by atoms with van der Waals surface area (Å²) in [5.74, 6) is -0.468. The van der Waals surface area contributed by atoms with Crippen molar-refractivity contribution in [3.05, 3.63) is 29.8 Å². The molecule has 1 aliphatic rings. The Morgan fingerprint density at radius 1 is 1.45 bits per heavy atom. The maximum Gasteiger partial charge on any atom is 0.255 e. The minimum absolute atomic E-state index is 0.0285. The minimum Gasteiger partial charge on any atom is -0.483 e. The van der Waals surface area contributed by atoms with Crippen molar-refractivity contribution in [1.29, 1.82) is 0 Å². The molecule has 1 aromatic carbocycles. The molecule has 0 saturated carbocycles. The van der Waals surface area contributed by atoms with Crippen molar-refractivity contribution in [2.24, 2.45) is 5.73 Å². The molecule has 3 N–H and O–H groups in total. The smallest absolute Gasteiger partial charge is 0.255 e. The molecule has 6 nitrogen and oxygen atoms in total. The van der Waals surface area contributed by atoms with Gasteiger partial charge in [-0.15, -0.1) is 0 Å². The van der Waals surface area contributed by atoms with Crippen LogP contribution in [0.15, 0.2) is 24.3 Å². The summed E-state index contributed by atoms with van der Waals surface area (Å²) in [6.07, 6.45) is 2.84. The molecule has 1 aliphatic heterocycles. The van der Waals surface area contributed by atoms with Crippen LogP contribution < -0.4 is 15.8 Å². The molecule has 0 radical (unpaired) electrons. The third-order valence-corrected chi connectivity index (χ3v) is 3.67. The topological polar surface area (TPSA) is 90.6 Å². The summed E-state index contributed by atoms with van der Waals surface area (Å²) in [4.78, 5) is 23.3. The van der Waals surface area contributed by atoms with Gasteiger partial charge < -0.3 is 20.5 Å². The van der Waals surface area contributed by atoms with Crippen LogP contribution in [0.1, 0.15) is 36.5 Å². The van der Waals surface area contributed by atoms with Gasteiger partial charge in [-0.25, -0.2) is 0 Å². The van der Waals surface area contributed by atoms with Crippen LogP contribution in [0, 0.1) is 0 Å². The number of benzene rings is 1. The Kier molecular flexibility index (Phi) is 5.77. The van der Waals surface area contributed by atoms with Crippen molar-refractivity contribution < 1.29 is 19.1 Å². The fraction of sp³-hybridized carbons (Fsp3) is 0.500. The number of hydrogen-bond donors (Lipinski definition) is 2. The van der Waals surface area contributed by atoms with E-state index in [1.54, 1.807) is 24.3 Å². The molecule has 1 heterocycles. The number of ether oxygens (including phenoxy) is 2. The number of primary amides is 1. The van der Waals surface area contributed by atoms with Crippen LogP contribution in [0.3, 0.4) is 0 Å². The van der Waals surface area contributed by atoms with E-state index in [1.807, 2.05) is 6.92 Å². The van der Waals surface area contributed by atoms with Gasteiger partial charge >= 0.3 is 0 Å². The van der Waals surface area contributed by atoms with Crippen LogP contribution in [-0.4, -0.2) is 37.2 Å². The van der Waals surface area contributed by atoms with Crippen molar-refractivity contribution in [2.75, 3.05) is 13.2 Å². The first-order chi connectivity index (χ1) is 10.6. The summed E-state index contributed by atoms with van der Waals surface area (Å²) in [7, 11) is 0. The van der Waals surface area contributed by atoms with Gasteiger partial charge in [0.2, 0.25) is 0 Å². The van der Waals surface area contributed by atoms with E-state index in [-0.39, 0.29) is 24.7 Å². The van der Waals surface area contributed by atoms with Crippen LogP contribution in [0.25, 0.3) is 0 Å². The Morgan fingerprint density at radius 2 is 2.23 bits per heavy atom. The summed E-state index contributed by atoms with van der Waals surface area (Å²) in [6, 6.07) is 6.77. The van der Waals surface area contributed by atoms with Gasteiger partial charge in [-0.3, -0.25) is 9.59 Å². The van der Waals surface area contributed by atoms with Crippen molar-refractivity contribution in [3.8, 4) is 5.75 Å². The third kappa shape index (κ3) is 4.21. The molecule has 6 heteroatoms. The normalized spacial score (nSPS) is 18.7. The summed E-state index contributed by atoms with van der Waals surface area (Å²) in [5, 5.41) is 2.99. The lowest BCUT2D eigenvalue weighted by Crippen LogP contribution is -2.42. The van der Waals surface area contributed by atoms with Gasteiger partial charge in [-0.1, -0.05) is 19.1 Å². The Labute approximate surface area is 130 Å². The average molecular weight is 306 g/mol. The second-order valence-electron chi connectivity index (χ2n) is 5.29. The zero-order valence-corrected chi connectivity index (χ0v) is 12.7.